The Labute approximate surface area is 212 Å². The number of nitrogens with one attached hydrogen (secondary N) is 2. The first-order valence-corrected chi connectivity index (χ1v) is 11.6. The molecule has 3 aromatic rings. The van der Waals surface area contributed by atoms with Gasteiger partial charge >= 0.3 is 0 Å². The molecule has 190 valence electrons. The van der Waals surface area contributed by atoms with Gasteiger partial charge in [-0.2, -0.15) is 0 Å². The van der Waals surface area contributed by atoms with Crippen LogP contribution in [0, 0.1) is 13.8 Å². The molecule has 0 aliphatic heterocycles. The highest BCUT2D eigenvalue weighted by atomic mass is 16.5. The quantitative estimate of drug-likeness (QED) is 0.410. The number of methoxy groups -OCH3 is 2. The van der Waals surface area contributed by atoms with Gasteiger partial charge in [-0.3, -0.25) is 14.5 Å². The van der Waals surface area contributed by atoms with E-state index in [0.29, 0.717) is 41.6 Å². The maximum atomic E-state index is 12.7. The zero-order chi connectivity index (χ0) is 26.1. The third-order valence-electron chi connectivity index (χ3n) is 5.43. The molecule has 0 heterocycles. The summed E-state index contributed by atoms with van der Waals surface area (Å²) in [5.74, 6) is 1.11. The SMILES string of the molecule is COc1cc(NC(=O)c2ccccc2)c(OC)cc1NC(=O)CN(C)CCOc1cc(C)cc(C)c1. The Hall–Kier alpha value is -4.04. The molecule has 0 saturated heterocycles. The second-order valence-electron chi connectivity index (χ2n) is 8.53. The Balaban J connectivity index is 1.59. The summed E-state index contributed by atoms with van der Waals surface area (Å²) in [7, 11) is 4.84. The average Bonchev–Trinajstić information content (AvgIpc) is 2.84. The lowest BCUT2D eigenvalue weighted by atomic mass is 10.1. The van der Waals surface area contributed by atoms with Crippen LogP contribution in [0.1, 0.15) is 21.5 Å². The highest BCUT2D eigenvalue weighted by molar-refractivity contribution is 6.05. The number of ether oxygens (including phenoxy) is 3. The minimum absolute atomic E-state index is 0.161. The Bertz CT molecular complexity index is 1180. The lowest BCUT2D eigenvalue weighted by Crippen LogP contribution is -2.33. The number of carbonyl (C=O) groups is 2. The number of benzene rings is 3. The molecule has 0 spiro atoms. The molecule has 8 heteroatoms. The van der Waals surface area contributed by atoms with E-state index in [4.69, 9.17) is 14.2 Å². The zero-order valence-corrected chi connectivity index (χ0v) is 21.4. The van der Waals surface area contributed by atoms with Crippen LogP contribution in [-0.2, 0) is 4.79 Å². The van der Waals surface area contributed by atoms with Gasteiger partial charge in [-0.05, 0) is 56.3 Å². The molecular weight excluding hydrogens is 458 g/mol. The van der Waals surface area contributed by atoms with Crippen LogP contribution in [-0.4, -0.2) is 57.7 Å². The minimum atomic E-state index is -0.280. The fraction of sp³-hybridized carbons (Fsp3) is 0.286. The van der Waals surface area contributed by atoms with Crippen LogP contribution in [0.25, 0.3) is 0 Å². The van der Waals surface area contributed by atoms with E-state index in [9.17, 15) is 9.59 Å². The molecule has 0 bridgehead atoms. The molecule has 0 aliphatic carbocycles. The second kappa shape index (κ2) is 12.6. The Kier molecular flexibility index (Phi) is 9.30. The predicted octanol–water partition coefficient (Wildman–Crippen LogP) is 4.52. The molecule has 2 amide bonds. The summed E-state index contributed by atoms with van der Waals surface area (Å²) >= 11 is 0. The largest absolute Gasteiger partial charge is 0.494 e. The summed E-state index contributed by atoms with van der Waals surface area (Å²) in [6.07, 6.45) is 0. The Morgan fingerprint density at radius 1 is 0.833 bits per heavy atom. The van der Waals surface area contributed by atoms with Crippen molar-refractivity contribution in [2.24, 2.45) is 0 Å². The van der Waals surface area contributed by atoms with Gasteiger partial charge < -0.3 is 24.8 Å². The maximum absolute atomic E-state index is 12.7. The van der Waals surface area contributed by atoms with Crippen LogP contribution in [0.5, 0.6) is 17.2 Å². The molecule has 3 rings (SSSR count). The summed E-state index contributed by atoms with van der Waals surface area (Å²) in [6, 6.07) is 18.2. The summed E-state index contributed by atoms with van der Waals surface area (Å²) in [5, 5.41) is 5.69. The maximum Gasteiger partial charge on any atom is 0.255 e. The van der Waals surface area contributed by atoms with Crippen molar-refractivity contribution >= 4 is 23.2 Å². The Morgan fingerprint density at radius 3 is 2.00 bits per heavy atom. The summed E-state index contributed by atoms with van der Waals surface area (Å²) in [6.45, 7) is 5.26. The second-order valence-corrected chi connectivity index (χ2v) is 8.53. The highest BCUT2D eigenvalue weighted by Gasteiger charge is 2.17. The van der Waals surface area contributed by atoms with E-state index in [-0.39, 0.29) is 18.4 Å². The topological polar surface area (TPSA) is 89.1 Å². The van der Waals surface area contributed by atoms with Crippen LogP contribution in [0.2, 0.25) is 0 Å². The molecule has 0 fully saturated rings. The van der Waals surface area contributed by atoms with Crippen LogP contribution in [0.4, 0.5) is 11.4 Å². The standard InChI is InChI=1S/C28H33N3O5/c1-19-13-20(2)15-22(14-19)36-12-11-31(3)18-27(32)29-23-16-26(35-5)24(17-25(23)34-4)30-28(33)21-9-7-6-8-10-21/h6-10,13-17H,11-12,18H2,1-5H3,(H,29,32)(H,30,33). The van der Waals surface area contributed by atoms with E-state index in [0.717, 1.165) is 16.9 Å². The summed E-state index contributed by atoms with van der Waals surface area (Å²) in [4.78, 5) is 27.2. The number of rotatable bonds is 11. The van der Waals surface area contributed by atoms with Crippen LogP contribution < -0.4 is 24.8 Å². The van der Waals surface area contributed by atoms with Gasteiger partial charge in [0.1, 0.15) is 23.9 Å². The molecule has 0 unspecified atom stereocenters. The normalized spacial score (nSPS) is 10.6. The molecule has 0 atom stereocenters. The van der Waals surface area contributed by atoms with Crippen molar-refractivity contribution in [3.05, 3.63) is 77.4 Å². The summed E-state index contributed by atoms with van der Waals surface area (Å²) in [5.41, 5.74) is 3.68. The first kappa shape index (κ1) is 26.6. The number of likely N-dealkylation sites (N-methyl/N-ethyl adjacent to an activating group) is 1. The lowest BCUT2D eigenvalue weighted by molar-refractivity contribution is -0.117. The first-order chi connectivity index (χ1) is 17.3. The van der Waals surface area contributed by atoms with E-state index in [1.54, 1.807) is 36.4 Å². The van der Waals surface area contributed by atoms with Crippen molar-refractivity contribution in [3.63, 3.8) is 0 Å². The van der Waals surface area contributed by atoms with Crippen LogP contribution in [0.3, 0.4) is 0 Å². The number of carbonyl (C=O) groups excluding carboxylic acids is 2. The number of aryl methyl sites for hydroxylation is 2. The third kappa shape index (κ3) is 7.48. The fourth-order valence-corrected chi connectivity index (χ4v) is 3.73. The molecule has 8 nitrogen and oxygen atoms in total. The van der Waals surface area contributed by atoms with Gasteiger partial charge in [0.15, 0.2) is 0 Å². The molecule has 36 heavy (non-hydrogen) atoms. The van der Waals surface area contributed by atoms with Crippen molar-refractivity contribution < 1.29 is 23.8 Å². The molecule has 2 N–H and O–H groups in total. The van der Waals surface area contributed by atoms with Gasteiger partial charge in [0.2, 0.25) is 5.91 Å². The number of hydrogen-bond donors (Lipinski definition) is 2. The first-order valence-electron chi connectivity index (χ1n) is 11.6. The number of amides is 2. The fourth-order valence-electron chi connectivity index (χ4n) is 3.73. The number of nitrogens with zero attached hydrogens (tertiary/aromatic N) is 1. The van der Waals surface area contributed by atoms with Crippen LogP contribution >= 0.6 is 0 Å². The monoisotopic (exact) mass is 491 g/mol. The van der Waals surface area contributed by atoms with E-state index in [2.05, 4.69) is 16.7 Å². The van der Waals surface area contributed by atoms with E-state index < -0.39 is 0 Å². The third-order valence-corrected chi connectivity index (χ3v) is 5.43. The van der Waals surface area contributed by atoms with Gasteiger partial charge in [0.25, 0.3) is 5.91 Å². The van der Waals surface area contributed by atoms with Gasteiger partial charge in [0.05, 0.1) is 32.1 Å². The van der Waals surface area contributed by atoms with Gasteiger partial charge in [-0.1, -0.05) is 24.3 Å². The van der Waals surface area contributed by atoms with Crippen molar-refractivity contribution in [1.29, 1.82) is 0 Å². The number of anilines is 2. The highest BCUT2D eigenvalue weighted by Crippen LogP contribution is 2.36. The zero-order valence-electron chi connectivity index (χ0n) is 21.4. The molecular formula is C28H33N3O5. The van der Waals surface area contributed by atoms with E-state index in [1.807, 2.05) is 44.0 Å². The van der Waals surface area contributed by atoms with Gasteiger partial charge in [0, 0.05) is 24.2 Å². The molecule has 0 aliphatic rings. The van der Waals surface area contributed by atoms with Crippen molar-refractivity contribution in [2.75, 3.05) is 51.6 Å². The lowest BCUT2D eigenvalue weighted by Gasteiger charge is -2.19. The average molecular weight is 492 g/mol. The van der Waals surface area contributed by atoms with Crippen molar-refractivity contribution in [2.45, 2.75) is 13.8 Å². The number of hydrogen-bond acceptors (Lipinski definition) is 6. The van der Waals surface area contributed by atoms with Crippen molar-refractivity contribution in [1.82, 2.24) is 4.90 Å². The van der Waals surface area contributed by atoms with E-state index >= 15 is 0 Å². The van der Waals surface area contributed by atoms with Crippen LogP contribution in [0.15, 0.2) is 60.7 Å². The Morgan fingerprint density at radius 2 is 1.42 bits per heavy atom. The predicted molar refractivity (Wildman–Crippen MR) is 141 cm³/mol. The van der Waals surface area contributed by atoms with Crippen molar-refractivity contribution in [3.8, 4) is 17.2 Å². The van der Waals surface area contributed by atoms with E-state index in [1.165, 1.54) is 14.2 Å². The molecule has 0 radical (unpaired) electrons. The molecule has 3 aromatic carbocycles. The smallest absolute Gasteiger partial charge is 0.255 e. The molecule has 0 aromatic heterocycles. The minimum Gasteiger partial charge on any atom is -0.494 e. The van der Waals surface area contributed by atoms with Gasteiger partial charge in [-0.25, -0.2) is 0 Å². The molecule has 0 saturated carbocycles. The summed E-state index contributed by atoms with van der Waals surface area (Å²) < 4.78 is 16.7. The van der Waals surface area contributed by atoms with Gasteiger partial charge in [-0.15, -0.1) is 0 Å².